The van der Waals surface area contributed by atoms with Gasteiger partial charge in [-0.3, -0.25) is 4.98 Å². The third kappa shape index (κ3) is 3.33. The molecule has 0 aromatic carbocycles. The third-order valence-electron chi connectivity index (χ3n) is 4.10. The Morgan fingerprint density at radius 2 is 2.08 bits per heavy atom. The minimum absolute atomic E-state index is 0.723. The lowest BCUT2D eigenvalue weighted by atomic mass is 10.1. The normalized spacial score (nSPS) is 14.5. The largest absolute Gasteiger partial charge is 0.494 e. The number of rotatable bonds is 4. The first-order valence-corrected chi connectivity index (χ1v) is 8.96. The molecule has 4 rings (SSSR count). The van der Waals surface area contributed by atoms with Crippen LogP contribution in [0.3, 0.4) is 0 Å². The fraction of sp³-hybridized carbons (Fsp3) is 0.278. The van der Waals surface area contributed by atoms with Crippen LogP contribution in [-0.2, 0) is 4.74 Å². The summed E-state index contributed by atoms with van der Waals surface area (Å²) in [7, 11) is 1.66. The summed E-state index contributed by atoms with van der Waals surface area (Å²) >= 11 is 1.57. The van der Waals surface area contributed by atoms with Crippen molar-refractivity contribution in [2.45, 2.75) is 0 Å². The number of morpholine rings is 1. The van der Waals surface area contributed by atoms with Crippen molar-refractivity contribution in [1.29, 1.82) is 0 Å². The van der Waals surface area contributed by atoms with E-state index in [0.29, 0.717) is 0 Å². The van der Waals surface area contributed by atoms with Crippen LogP contribution in [0.5, 0.6) is 5.75 Å². The summed E-state index contributed by atoms with van der Waals surface area (Å²) < 4.78 is 10.9. The van der Waals surface area contributed by atoms with Crippen molar-refractivity contribution in [3.63, 3.8) is 0 Å². The van der Waals surface area contributed by atoms with E-state index in [1.54, 1.807) is 24.6 Å². The molecule has 0 aliphatic carbocycles. The molecule has 4 heterocycles. The van der Waals surface area contributed by atoms with Gasteiger partial charge in [0.2, 0.25) is 0 Å². The van der Waals surface area contributed by atoms with Gasteiger partial charge in [-0.25, -0.2) is 9.97 Å². The second-order valence-electron chi connectivity index (χ2n) is 5.62. The van der Waals surface area contributed by atoms with Gasteiger partial charge in [0, 0.05) is 36.4 Å². The van der Waals surface area contributed by atoms with Gasteiger partial charge < -0.3 is 14.4 Å². The van der Waals surface area contributed by atoms with Gasteiger partial charge in [-0.05, 0) is 18.2 Å². The summed E-state index contributed by atoms with van der Waals surface area (Å²) in [5.74, 6) is 0.723. The van der Waals surface area contributed by atoms with Crippen molar-refractivity contribution >= 4 is 17.0 Å². The molecule has 7 heteroatoms. The average Bonchev–Trinajstić information content (AvgIpc) is 3.23. The second kappa shape index (κ2) is 7.16. The lowest BCUT2D eigenvalue weighted by molar-refractivity contribution is 0.122. The standard InChI is InChI=1S/C18H18N4O2S/c1-23-16-3-2-15(18-20-4-9-25-18)21-17(16)13-10-14(12-19-11-13)22-5-7-24-8-6-22/h2-4,9-12H,5-8H2,1H3. The van der Waals surface area contributed by atoms with E-state index in [0.717, 1.165) is 59.7 Å². The Morgan fingerprint density at radius 1 is 1.20 bits per heavy atom. The maximum absolute atomic E-state index is 5.52. The highest BCUT2D eigenvalue weighted by atomic mass is 32.1. The summed E-state index contributed by atoms with van der Waals surface area (Å²) in [6.07, 6.45) is 5.48. The highest BCUT2D eigenvalue weighted by molar-refractivity contribution is 7.13. The maximum Gasteiger partial charge on any atom is 0.145 e. The molecule has 3 aromatic heterocycles. The zero-order chi connectivity index (χ0) is 17.1. The van der Waals surface area contributed by atoms with Gasteiger partial charge in [-0.15, -0.1) is 11.3 Å². The van der Waals surface area contributed by atoms with Crippen LogP contribution in [0.25, 0.3) is 22.0 Å². The average molecular weight is 354 g/mol. The first kappa shape index (κ1) is 16.0. The van der Waals surface area contributed by atoms with E-state index in [1.807, 2.05) is 29.9 Å². The topological polar surface area (TPSA) is 60.4 Å². The van der Waals surface area contributed by atoms with Gasteiger partial charge in [0.25, 0.3) is 0 Å². The number of anilines is 1. The molecule has 3 aromatic rings. The zero-order valence-electron chi connectivity index (χ0n) is 13.9. The van der Waals surface area contributed by atoms with Crippen molar-refractivity contribution in [1.82, 2.24) is 15.0 Å². The number of hydrogen-bond donors (Lipinski definition) is 0. The fourth-order valence-corrected chi connectivity index (χ4v) is 3.45. The van der Waals surface area contributed by atoms with E-state index in [1.165, 1.54) is 0 Å². The molecule has 0 spiro atoms. The van der Waals surface area contributed by atoms with Crippen LogP contribution >= 0.6 is 11.3 Å². The van der Waals surface area contributed by atoms with E-state index >= 15 is 0 Å². The minimum atomic E-state index is 0.723. The molecule has 6 nitrogen and oxygen atoms in total. The molecule has 0 atom stereocenters. The lowest BCUT2D eigenvalue weighted by Gasteiger charge is -2.28. The SMILES string of the molecule is COc1ccc(-c2nccs2)nc1-c1cncc(N2CCOCC2)c1. The first-order chi connectivity index (χ1) is 12.3. The van der Waals surface area contributed by atoms with Gasteiger partial charge in [-0.2, -0.15) is 0 Å². The molecule has 0 unspecified atom stereocenters. The van der Waals surface area contributed by atoms with Crippen molar-refractivity contribution in [3.05, 3.63) is 42.2 Å². The van der Waals surface area contributed by atoms with Crippen LogP contribution < -0.4 is 9.64 Å². The van der Waals surface area contributed by atoms with E-state index in [-0.39, 0.29) is 0 Å². The highest BCUT2D eigenvalue weighted by Gasteiger charge is 2.15. The summed E-state index contributed by atoms with van der Waals surface area (Å²) in [4.78, 5) is 15.8. The minimum Gasteiger partial charge on any atom is -0.494 e. The van der Waals surface area contributed by atoms with Gasteiger partial charge in [0.05, 0.1) is 37.9 Å². The molecule has 0 bridgehead atoms. The Morgan fingerprint density at radius 3 is 2.84 bits per heavy atom. The van der Waals surface area contributed by atoms with Crippen LogP contribution in [0, 0.1) is 0 Å². The summed E-state index contributed by atoms with van der Waals surface area (Å²) in [6.45, 7) is 3.22. The molecule has 1 aliphatic heterocycles. The molecular weight excluding hydrogens is 336 g/mol. The third-order valence-corrected chi connectivity index (χ3v) is 4.90. The molecule has 0 saturated carbocycles. The van der Waals surface area contributed by atoms with Crippen LogP contribution in [0.15, 0.2) is 42.2 Å². The van der Waals surface area contributed by atoms with E-state index < -0.39 is 0 Å². The summed E-state index contributed by atoms with van der Waals surface area (Å²) in [5.41, 5.74) is 3.61. The van der Waals surface area contributed by atoms with Crippen LogP contribution in [0.4, 0.5) is 5.69 Å². The summed E-state index contributed by atoms with van der Waals surface area (Å²) in [6, 6.07) is 5.97. The van der Waals surface area contributed by atoms with E-state index in [2.05, 4.69) is 20.9 Å². The van der Waals surface area contributed by atoms with Crippen molar-refractivity contribution < 1.29 is 9.47 Å². The Hall–Kier alpha value is -2.51. The Labute approximate surface area is 150 Å². The predicted molar refractivity (Wildman–Crippen MR) is 98.2 cm³/mol. The molecule has 0 radical (unpaired) electrons. The quantitative estimate of drug-likeness (QED) is 0.717. The van der Waals surface area contributed by atoms with Gasteiger partial charge in [0.1, 0.15) is 16.5 Å². The van der Waals surface area contributed by atoms with Gasteiger partial charge in [0.15, 0.2) is 0 Å². The number of thiazole rings is 1. The number of hydrogen-bond acceptors (Lipinski definition) is 7. The van der Waals surface area contributed by atoms with Crippen LogP contribution in [0.2, 0.25) is 0 Å². The molecule has 25 heavy (non-hydrogen) atoms. The molecule has 0 N–H and O–H groups in total. The number of ether oxygens (including phenoxy) is 2. The molecule has 1 aliphatic rings. The predicted octanol–water partition coefficient (Wildman–Crippen LogP) is 3.11. The Kier molecular flexibility index (Phi) is 4.58. The fourth-order valence-electron chi connectivity index (χ4n) is 2.84. The molecule has 1 fully saturated rings. The van der Waals surface area contributed by atoms with E-state index in [9.17, 15) is 0 Å². The molecule has 128 valence electrons. The van der Waals surface area contributed by atoms with Crippen molar-refractivity contribution in [3.8, 4) is 27.7 Å². The second-order valence-corrected chi connectivity index (χ2v) is 6.51. The van der Waals surface area contributed by atoms with Gasteiger partial charge >= 0.3 is 0 Å². The van der Waals surface area contributed by atoms with Crippen molar-refractivity contribution in [2.75, 3.05) is 38.3 Å². The molecule has 0 amide bonds. The monoisotopic (exact) mass is 354 g/mol. The lowest BCUT2D eigenvalue weighted by Crippen LogP contribution is -2.36. The Balaban J connectivity index is 1.74. The van der Waals surface area contributed by atoms with Crippen LogP contribution in [0.1, 0.15) is 0 Å². The summed E-state index contributed by atoms with van der Waals surface area (Å²) in [5, 5.41) is 2.84. The van der Waals surface area contributed by atoms with Crippen molar-refractivity contribution in [2.24, 2.45) is 0 Å². The number of methoxy groups -OCH3 is 1. The smallest absolute Gasteiger partial charge is 0.145 e. The molecular formula is C18H18N4O2S. The first-order valence-electron chi connectivity index (χ1n) is 8.08. The van der Waals surface area contributed by atoms with Gasteiger partial charge in [-0.1, -0.05) is 0 Å². The number of nitrogens with zero attached hydrogens (tertiary/aromatic N) is 4. The molecule has 1 saturated heterocycles. The Bertz CT molecular complexity index is 848. The van der Waals surface area contributed by atoms with Crippen LogP contribution in [-0.4, -0.2) is 48.4 Å². The maximum atomic E-state index is 5.52. The zero-order valence-corrected chi connectivity index (χ0v) is 14.7. The number of aromatic nitrogens is 3. The number of pyridine rings is 2. The highest BCUT2D eigenvalue weighted by Crippen LogP contribution is 2.33. The van der Waals surface area contributed by atoms with E-state index in [4.69, 9.17) is 14.5 Å².